The van der Waals surface area contributed by atoms with Gasteiger partial charge in [-0.2, -0.15) is 0 Å². The van der Waals surface area contributed by atoms with Gasteiger partial charge in [-0.25, -0.2) is 4.79 Å². The SMILES string of the molecule is Cc1c(NCc2cc(Br)cs2)cccc1C(=O)O. The summed E-state index contributed by atoms with van der Waals surface area (Å²) in [5.41, 5.74) is 1.97. The standard InChI is InChI=1S/C13H12BrNO2S/c1-8-11(13(16)17)3-2-4-12(8)15-6-10-5-9(14)7-18-10/h2-5,7,15H,6H2,1H3,(H,16,17). The molecular formula is C13H12BrNO2S. The number of carboxylic acid groups (broad SMARTS) is 1. The lowest BCUT2D eigenvalue weighted by atomic mass is 10.1. The second-order valence-electron chi connectivity index (χ2n) is 3.87. The predicted molar refractivity (Wildman–Crippen MR) is 77.5 cm³/mol. The van der Waals surface area contributed by atoms with Crippen LogP contribution in [0.4, 0.5) is 5.69 Å². The van der Waals surface area contributed by atoms with Crippen molar-refractivity contribution in [2.75, 3.05) is 5.32 Å². The first kappa shape index (κ1) is 13.1. The van der Waals surface area contributed by atoms with E-state index < -0.39 is 5.97 Å². The van der Waals surface area contributed by atoms with Crippen molar-refractivity contribution < 1.29 is 9.90 Å². The summed E-state index contributed by atoms with van der Waals surface area (Å²) in [6.45, 7) is 2.51. The average molecular weight is 326 g/mol. The number of halogens is 1. The van der Waals surface area contributed by atoms with Gasteiger partial charge in [0.15, 0.2) is 0 Å². The summed E-state index contributed by atoms with van der Waals surface area (Å²) in [5.74, 6) is -0.894. The van der Waals surface area contributed by atoms with Crippen LogP contribution in [0.25, 0.3) is 0 Å². The maximum Gasteiger partial charge on any atom is 0.336 e. The van der Waals surface area contributed by atoms with E-state index in [1.165, 1.54) is 4.88 Å². The molecule has 0 spiro atoms. The van der Waals surface area contributed by atoms with Gasteiger partial charge in [0.05, 0.1) is 5.56 Å². The van der Waals surface area contributed by atoms with Gasteiger partial charge in [0.2, 0.25) is 0 Å². The summed E-state index contributed by atoms with van der Waals surface area (Å²) in [5, 5.41) is 14.3. The molecule has 0 unspecified atom stereocenters. The van der Waals surface area contributed by atoms with Crippen LogP contribution in [0.5, 0.6) is 0 Å². The number of carboxylic acids is 1. The number of nitrogens with one attached hydrogen (secondary N) is 1. The van der Waals surface area contributed by atoms with Crippen LogP contribution in [-0.4, -0.2) is 11.1 Å². The molecule has 94 valence electrons. The van der Waals surface area contributed by atoms with Crippen LogP contribution in [-0.2, 0) is 6.54 Å². The molecule has 0 aliphatic rings. The average Bonchev–Trinajstić information content (AvgIpc) is 2.73. The Morgan fingerprint density at radius 2 is 2.28 bits per heavy atom. The van der Waals surface area contributed by atoms with Gasteiger partial charge in [0.25, 0.3) is 0 Å². The minimum absolute atomic E-state index is 0.340. The summed E-state index contributed by atoms with van der Waals surface area (Å²) >= 11 is 5.07. The zero-order valence-corrected chi connectivity index (χ0v) is 12.1. The van der Waals surface area contributed by atoms with Gasteiger partial charge in [-0.1, -0.05) is 6.07 Å². The van der Waals surface area contributed by atoms with E-state index in [1.54, 1.807) is 23.5 Å². The first-order chi connectivity index (χ1) is 8.58. The predicted octanol–water partition coefficient (Wildman–Crippen LogP) is 4.13. The Hall–Kier alpha value is -1.33. The smallest absolute Gasteiger partial charge is 0.336 e. The van der Waals surface area contributed by atoms with Gasteiger partial charge < -0.3 is 10.4 Å². The molecule has 0 fully saturated rings. The van der Waals surface area contributed by atoms with Crippen molar-refractivity contribution in [3.05, 3.63) is 50.1 Å². The highest BCUT2D eigenvalue weighted by atomic mass is 79.9. The van der Waals surface area contributed by atoms with Crippen LogP contribution in [0.1, 0.15) is 20.8 Å². The minimum Gasteiger partial charge on any atom is -0.478 e. The van der Waals surface area contributed by atoms with Crippen LogP contribution < -0.4 is 5.32 Å². The van der Waals surface area contributed by atoms with Gasteiger partial charge in [0, 0.05) is 27.0 Å². The Balaban J connectivity index is 2.14. The molecule has 0 aliphatic heterocycles. The molecule has 0 atom stereocenters. The molecule has 2 N–H and O–H groups in total. The lowest BCUT2D eigenvalue weighted by molar-refractivity contribution is 0.0696. The molecule has 0 amide bonds. The molecular weight excluding hydrogens is 314 g/mol. The van der Waals surface area contributed by atoms with Crippen LogP contribution in [0.3, 0.4) is 0 Å². The van der Waals surface area contributed by atoms with E-state index in [2.05, 4.69) is 21.2 Å². The quantitative estimate of drug-likeness (QED) is 0.888. The van der Waals surface area contributed by atoms with Crippen LogP contribution in [0.2, 0.25) is 0 Å². The second-order valence-corrected chi connectivity index (χ2v) is 5.78. The van der Waals surface area contributed by atoms with E-state index >= 15 is 0 Å². The zero-order chi connectivity index (χ0) is 13.1. The minimum atomic E-state index is -0.894. The molecule has 0 radical (unpaired) electrons. The molecule has 1 aromatic carbocycles. The number of rotatable bonds is 4. The lowest BCUT2D eigenvalue weighted by Crippen LogP contribution is -2.05. The van der Waals surface area contributed by atoms with Gasteiger partial charge in [-0.3, -0.25) is 0 Å². The number of carbonyl (C=O) groups is 1. The third-order valence-electron chi connectivity index (χ3n) is 2.64. The third-order valence-corrected chi connectivity index (χ3v) is 4.34. The molecule has 3 nitrogen and oxygen atoms in total. The number of anilines is 1. The second kappa shape index (κ2) is 5.54. The molecule has 1 aromatic heterocycles. The Morgan fingerprint density at radius 1 is 1.50 bits per heavy atom. The largest absolute Gasteiger partial charge is 0.478 e. The number of hydrogen-bond acceptors (Lipinski definition) is 3. The maximum absolute atomic E-state index is 11.0. The van der Waals surface area contributed by atoms with Gasteiger partial charge in [-0.15, -0.1) is 11.3 Å². The highest BCUT2D eigenvalue weighted by Gasteiger charge is 2.09. The highest BCUT2D eigenvalue weighted by Crippen LogP contribution is 2.23. The van der Waals surface area contributed by atoms with Crippen molar-refractivity contribution in [1.29, 1.82) is 0 Å². The van der Waals surface area contributed by atoms with Crippen molar-refractivity contribution in [3.63, 3.8) is 0 Å². The van der Waals surface area contributed by atoms with Crippen molar-refractivity contribution in [1.82, 2.24) is 0 Å². The fraction of sp³-hybridized carbons (Fsp3) is 0.154. The van der Waals surface area contributed by atoms with Crippen molar-refractivity contribution >= 4 is 38.9 Å². The Bertz CT molecular complexity index is 580. The van der Waals surface area contributed by atoms with E-state index in [1.807, 2.05) is 24.4 Å². The number of benzene rings is 1. The maximum atomic E-state index is 11.0. The molecule has 0 saturated carbocycles. The molecule has 5 heteroatoms. The van der Waals surface area contributed by atoms with Crippen LogP contribution >= 0.6 is 27.3 Å². The lowest BCUT2D eigenvalue weighted by Gasteiger charge is -2.10. The van der Waals surface area contributed by atoms with Crippen LogP contribution in [0, 0.1) is 6.92 Å². The molecule has 0 saturated heterocycles. The van der Waals surface area contributed by atoms with E-state index in [0.717, 1.165) is 15.7 Å². The molecule has 2 aromatic rings. The van der Waals surface area contributed by atoms with Gasteiger partial charge >= 0.3 is 5.97 Å². The van der Waals surface area contributed by atoms with E-state index in [4.69, 9.17) is 5.11 Å². The van der Waals surface area contributed by atoms with E-state index in [0.29, 0.717) is 12.1 Å². The highest BCUT2D eigenvalue weighted by molar-refractivity contribution is 9.10. The number of hydrogen-bond donors (Lipinski definition) is 2. The topological polar surface area (TPSA) is 49.3 Å². The Morgan fingerprint density at radius 3 is 2.89 bits per heavy atom. The normalized spacial score (nSPS) is 10.3. The first-order valence-corrected chi connectivity index (χ1v) is 7.05. The molecule has 18 heavy (non-hydrogen) atoms. The van der Waals surface area contributed by atoms with E-state index in [9.17, 15) is 4.79 Å². The zero-order valence-electron chi connectivity index (χ0n) is 9.74. The van der Waals surface area contributed by atoms with Crippen molar-refractivity contribution in [2.24, 2.45) is 0 Å². The summed E-state index contributed by atoms with van der Waals surface area (Å²) in [6.07, 6.45) is 0. The molecule has 0 bridgehead atoms. The van der Waals surface area contributed by atoms with Crippen molar-refractivity contribution in [2.45, 2.75) is 13.5 Å². The molecule has 1 heterocycles. The summed E-state index contributed by atoms with van der Waals surface area (Å²) in [6, 6.07) is 7.31. The molecule has 2 rings (SSSR count). The van der Waals surface area contributed by atoms with Crippen LogP contribution in [0.15, 0.2) is 34.1 Å². The third kappa shape index (κ3) is 2.91. The fourth-order valence-electron chi connectivity index (χ4n) is 1.69. The number of thiophene rings is 1. The Labute approximate surface area is 118 Å². The molecule has 0 aliphatic carbocycles. The van der Waals surface area contributed by atoms with E-state index in [-0.39, 0.29) is 0 Å². The van der Waals surface area contributed by atoms with Gasteiger partial charge in [0.1, 0.15) is 0 Å². The Kier molecular flexibility index (Phi) is 4.04. The summed E-state index contributed by atoms with van der Waals surface area (Å²) < 4.78 is 1.07. The first-order valence-electron chi connectivity index (χ1n) is 5.37. The van der Waals surface area contributed by atoms with Crippen molar-refractivity contribution in [3.8, 4) is 0 Å². The van der Waals surface area contributed by atoms with Gasteiger partial charge in [-0.05, 0) is 46.6 Å². The summed E-state index contributed by atoms with van der Waals surface area (Å²) in [7, 11) is 0. The number of aromatic carboxylic acids is 1. The fourth-order valence-corrected chi connectivity index (χ4v) is 3.08. The monoisotopic (exact) mass is 325 g/mol. The summed E-state index contributed by atoms with van der Waals surface area (Å²) in [4.78, 5) is 12.2.